The Morgan fingerprint density at radius 3 is 2.77 bits per heavy atom. The molecule has 5 aromatic rings. The van der Waals surface area contributed by atoms with Crippen LogP contribution in [0.3, 0.4) is 0 Å². The maximum absolute atomic E-state index is 14.3. The predicted molar refractivity (Wildman–Crippen MR) is 169 cm³/mol. The minimum Gasteiger partial charge on any atom is -0.448 e. The summed E-state index contributed by atoms with van der Waals surface area (Å²) in [4.78, 5) is 35.6. The molecule has 2 atom stereocenters. The van der Waals surface area contributed by atoms with Gasteiger partial charge in [0.1, 0.15) is 18.3 Å². The fraction of sp³-hybridized carbons (Fsp3) is 0.276. The van der Waals surface area contributed by atoms with Gasteiger partial charge in [-0.25, -0.2) is 19.2 Å². The summed E-state index contributed by atoms with van der Waals surface area (Å²) in [6, 6.07) is 8.43. The summed E-state index contributed by atoms with van der Waals surface area (Å²) in [5.74, 6) is -0.426. The molecule has 44 heavy (non-hydrogen) atoms. The van der Waals surface area contributed by atoms with Crippen LogP contribution >= 0.6 is 34.5 Å². The van der Waals surface area contributed by atoms with Crippen molar-refractivity contribution in [1.29, 1.82) is 0 Å². The molecule has 0 spiro atoms. The predicted octanol–water partition coefficient (Wildman–Crippen LogP) is 5.58. The summed E-state index contributed by atoms with van der Waals surface area (Å²) in [5, 5.41) is 13.5. The van der Waals surface area contributed by atoms with Gasteiger partial charge < -0.3 is 19.5 Å². The number of alkyl halides is 1. The number of nitrogens with one attached hydrogen (secondary N) is 2. The zero-order valence-electron chi connectivity index (χ0n) is 23.6. The van der Waals surface area contributed by atoms with E-state index in [1.54, 1.807) is 34.7 Å². The maximum Gasteiger partial charge on any atom is 0.406 e. The maximum atomic E-state index is 14.3. The van der Waals surface area contributed by atoms with Crippen LogP contribution in [-0.4, -0.2) is 69.7 Å². The van der Waals surface area contributed by atoms with Gasteiger partial charge in [0, 0.05) is 60.6 Å². The Morgan fingerprint density at radius 1 is 1.25 bits per heavy atom. The van der Waals surface area contributed by atoms with Gasteiger partial charge in [0.05, 0.1) is 35.2 Å². The van der Waals surface area contributed by atoms with Crippen molar-refractivity contribution < 1.29 is 18.7 Å². The summed E-state index contributed by atoms with van der Waals surface area (Å²) >= 11 is 15.0. The van der Waals surface area contributed by atoms with Crippen molar-refractivity contribution >= 4 is 68.3 Å². The zero-order valence-corrected chi connectivity index (χ0v) is 26.0. The Kier molecular flexibility index (Phi) is 8.43. The van der Waals surface area contributed by atoms with Crippen molar-refractivity contribution in [2.45, 2.75) is 25.2 Å². The number of amides is 2. The number of fused-ring (bicyclic) bond motifs is 2. The van der Waals surface area contributed by atoms with Crippen molar-refractivity contribution in [3.8, 4) is 11.1 Å². The van der Waals surface area contributed by atoms with E-state index in [2.05, 4.69) is 20.6 Å². The molecule has 0 fully saturated rings. The van der Waals surface area contributed by atoms with E-state index in [-0.39, 0.29) is 19.6 Å². The van der Waals surface area contributed by atoms with Gasteiger partial charge >= 0.3 is 6.09 Å². The zero-order chi connectivity index (χ0) is 31.0. The number of aromatic nitrogens is 5. The molecular weight excluding hydrogens is 630 g/mol. The van der Waals surface area contributed by atoms with Gasteiger partial charge in [-0.3, -0.25) is 14.8 Å². The van der Waals surface area contributed by atoms with Gasteiger partial charge in [-0.05, 0) is 23.8 Å². The third-order valence-electron chi connectivity index (χ3n) is 7.41. The molecule has 11 nitrogen and oxygen atoms in total. The van der Waals surface area contributed by atoms with Crippen molar-refractivity contribution in [3.63, 3.8) is 0 Å². The number of imidazole rings is 1. The van der Waals surface area contributed by atoms with Crippen LogP contribution in [0.5, 0.6) is 0 Å². The van der Waals surface area contributed by atoms with E-state index >= 15 is 0 Å². The van der Waals surface area contributed by atoms with Crippen LogP contribution in [-0.2, 0) is 22.5 Å². The lowest BCUT2D eigenvalue weighted by Gasteiger charge is -2.19. The number of thiazole rings is 1. The Bertz CT molecular complexity index is 1830. The van der Waals surface area contributed by atoms with Gasteiger partial charge in [-0.1, -0.05) is 35.3 Å². The minimum absolute atomic E-state index is 0.148. The number of likely N-dealkylation sites (N-methyl/N-ethyl adjacent to an activating group) is 1. The molecule has 1 unspecified atom stereocenters. The number of alkyl carbamates (subject to hydrolysis) is 1. The van der Waals surface area contributed by atoms with E-state index in [0.717, 1.165) is 11.3 Å². The number of rotatable bonds is 9. The monoisotopic (exact) mass is 656 g/mol. The molecule has 6 rings (SSSR count). The number of nitrogens with zero attached hydrogens (tertiary/aromatic N) is 6. The van der Waals surface area contributed by atoms with Crippen LogP contribution in [0.25, 0.3) is 22.0 Å². The van der Waals surface area contributed by atoms with Crippen LogP contribution in [0.15, 0.2) is 54.4 Å². The highest BCUT2D eigenvalue weighted by Crippen LogP contribution is 2.40. The molecule has 0 saturated heterocycles. The number of anilines is 2. The average Bonchev–Trinajstić information content (AvgIpc) is 3.82. The fourth-order valence-corrected chi connectivity index (χ4v) is 6.27. The van der Waals surface area contributed by atoms with Crippen LogP contribution in [0, 0.1) is 0 Å². The summed E-state index contributed by atoms with van der Waals surface area (Å²) in [7, 11) is 3.41. The second-order valence-corrected chi connectivity index (χ2v) is 11.9. The molecule has 3 aromatic heterocycles. The van der Waals surface area contributed by atoms with E-state index in [0.29, 0.717) is 49.6 Å². The van der Waals surface area contributed by atoms with E-state index < -0.39 is 24.2 Å². The minimum atomic E-state index is -1.06. The molecule has 0 aliphatic carbocycles. The largest absolute Gasteiger partial charge is 0.448 e. The number of halogens is 3. The van der Waals surface area contributed by atoms with Crippen LogP contribution in [0.2, 0.25) is 10.0 Å². The van der Waals surface area contributed by atoms with Gasteiger partial charge in [-0.15, -0.1) is 11.3 Å². The summed E-state index contributed by atoms with van der Waals surface area (Å²) < 4.78 is 22.6. The Morgan fingerprint density at radius 2 is 2.05 bits per heavy atom. The smallest absolute Gasteiger partial charge is 0.406 e. The quantitative estimate of drug-likeness (QED) is 0.213. The highest BCUT2D eigenvalue weighted by Gasteiger charge is 2.34. The van der Waals surface area contributed by atoms with E-state index in [4.69, 9.17) is 33.0 Å². The molecule has 0 bridgehead atoms. The highest BCUT2D eigenvalue weighted by molar-refractivity contribution is 7.13. The topological polar surface area (TPSA) is 119 Å². The van der Waals surface area contributed by atoms with Crippen LogP contribution < -0.4 is 15.5 Å². The van der Waals surface area contributed by atoms with Gasteiger partial charge in [-0.2, -0.15) is 5.10 Å². The Labute approximate surface area is 265 Å². The summed E-state index contributed by atoms with van der Waals surface area (Å²) in [5.41, 5.74) is 3.84. The van der Waals surface area contributed by atoms with Gasteiger partial charge in [0.2, 0.25) is 0 Å². The van der Waals surface area contributed by atoms with Crippen LogP contribution in [0.1, 0.15) is 17.4 Å². The number of hydrogen-bond acceptors (Lipinski definition) is 8. The third-order valence-corrected chi connectivity index (χ3v) is 8.79. The SMILES string of the molecule is CNC(=O)OCCN(C)c1ccc(-c2cc(Cl)c3cn(C(C(=O)Nc4nccs4)c4ncn5c4C[C@@H](F)C5)nc3c2Cl)cc1. The molecular formula is C29H27Cl2FN8O3S. The lowest BCUT2D eigenvalue weighted by molar-refractivity contribution is -0.118. The van der Waals surface area contributed by atoms with Crippen molar-refractivity contribution in [2.75, 3.05) is 37.5 Å². The number of benzene rings is 2. The molecule has 0 saturated carbocycles. The molecule has 1 aliphatic rings. The first-order valence-corrected chi connectivity index (χ1v) is 15.3. The average molecular weight is 658 g/mol. The lowest BCUT2D eigenvalue weighted by Crippen LogP contribution is -2.28. The summed E-state index contributed by atoms with van der Waals surface area (Å²) in [6.45, 7) is 0.924. The van der Waals surface area contributed by atoms with Crippen molar-refractivity contribution in [3.05, 3.63) is 75.9 Å². The number of ether oxygens (including phenoxy) is 1. The molecule has 228 valence electrons. The van der Waals surface area contributed by atoms with E-state index in [1.165, 1.54) is 23.1 Å². The molecule has 15 heteroatoms. The highest BCUT2D eigenvalue weighted by atomic mass is 35.5. The second-order valence-electron chi connectivity index (χ2n) is 10.2. The molecule has 2 amide bonds. The number of carbonyl (C=O) groups is 2. The van der Waals surface area contributed by atoms with E-state index in [1.807, 2.05) is 36.2 Å². The standard InChI is InChI=1S/C29H27Cl2FN8O3S/c1-33-29(42)43-9-8-38(2)18-5-3-16(4-6-18)19-12-21(30)20-14-40(37-24(20)23(19)31)26(27(41)36-28-34-7-10-44-28)25-22-11-17(32)13-39(22)15-35-25/h3-7,10,12,14-15,17,26H,8-9,11,13H2,1-2H3,(H,33,42)(H,34,36,41)/t17-,26?/m1/s1. The molecule has 2 N–H and O–H groups in total. The van der Waals surface area contributed by atoms with Gasteiger partial charge in [0.25, 0.3) is 5.91 Å². The third kappa shape index (κ3) is 5.82. The Balaban J connectivity index is 1.33. The number of carbonyl (C=O) groups excluding carboxylic acids is 2. The van der Waals surface area contributed by atoms with E-state index in [9.17, 15) is 14.0 Å². The first-order chi connectivity index (χ1) is 21.2. The first kappa shape index (κ1) is 29.9. The Hall–Kier alpha value is -4.20. The van der Waals surface area contributed by atoms with Crippen LogP contribution in [0.4, 0.5) is 20.0 Å². The van der Waals surface area contributed by atoms with Crippen molar-refractivity contribution in [2.24, 2.45) is 0 Å². The lowest BCUT2D eigenvalue weighted by atomic mass is 10.0. The first-order valence-electron chi connectivity index (χ1n) is 13.6. The second kappa shape index (κ2) is 12.4. The molecule has 0 radical (unpaired) electrons. The van der Waals surface area contributed by atoms with Gasteiger partial charge in [0.15, 0.2) is 11.2 Å². The normalized spacial score (nSPS) is 14.8. The summed E-state index contributed by atoms with van der Waals surface area (Å²) in [6.07, 6.45) is 3.41. The molecule has 1 aliphatic heterocycles. The fourth-order valence-electron chi connectivity index (χ4n) is 5.19. The number of hydrogen-bond donors (Lipinski definition) is 2. The molecule has 4 heterocycles. The van der Waals surface area contributed by atoms with Crippen molar-refractivity contribution in [1.82, 2.24) is 29.6 Å². The molecule has 2 aromatic carbocycles.